The molecule has 0 amide bonds. The fraction of sp³-hybridized carbons (Fsp3) is 0.533. The summed E-state index contributed by atoms with van der Waals surface area (Å²) >= 11 is 0. The lowest BCUT2D eigenvalue weighted by atomic mass is 9.90. The summed E-state index contributed by atoms with van der Waals surface area (Å²) in [6.07, 6.45) is 4.58. The predicted molar refractivity (Wildman–Crippen MR) is 87.5 cm³/mol. The van der Waals surface area contributed by atoms with Gasteiger partial charge in [-0.2, -0.15) is 0 Å². The molecule has 0 aliphatic heterocycles. The van der Waals surface area contributed by atoms with Crippen molar-refractivity contribution in [3.05, 3.63) is 29.3 Å². The molecule has 0 unspecified atom stereocenters. The third-order valence-electron chi connectivity index (χ3n) is 3.78. The Balaban J connectivity index is 2.01. The van der Waals surface area contributed by atoms with Gasteiger partial charge in [0.1, 0.15) is 0 Å². The van der Waals surface area contributed by atoms with Crippen LogP contribution in [0.5, 0.6) is 0 Å². The van der Waals surface area contributed by atoms with Crippen LogP contribution in [-0.4, -0.2) is 32.4 Å². The lowest BCUT2D eigenvalue weighted by molar-refractivity contribution is 0.597. The van der Waals surface area contributed by atoms with Gasteiger partial charge in [-0.3, -0.25) is 4.99 Å². The number of anilines is 1. The first kappa shape index (κ1) is 15.8. The fourth-order valence-corrected chi connectivity index (χ4v) is 3.18. The van der Waals surface area contributed by atoms with Crippen LogP contribution in [0.15, 0.2) is 23.2 Å². The number of fused-ring (bicyclic) bond motifs is 1. The zero-order chi connectivity index (χ0) is 15.3. The van der Waals surface area contributed by atoms with Gasteiger partial charge in [-0.15, -0.1) is 0 Å². The number of hydrogen-bond acceptors (Lipinski definition) is 3. The molecule has 3 N–H and O–H groups in total. The SMILES string of the molecule is CCS(=O)(=O)CCN=C(N)Nc1cccc2c1CCCC2. The molecule has 0 radical (unpaired) electrons. The molecule has 116 valence electrons. The minimum absolute atomic E-state index is 0.0405. The van der Waals surface area contributed by atoms with Crippen LogP contribution < -0.4 is 11.1 Å². The minimum atomic E-state index is -2.99. The molecule has 2 rings (SSSR count). The lowest BCUT2D eigenvalue weighted by Crippen LogP contribution is -2.25. The van der Waals surface area contributed by atoms with E-state index >= 15 is 0 Å². The summed E-state index contributed by atoms with van der Waals surface area (Å²) in [6.45, 7) is 1.83. The van der Waals surface area contributed by atoms with Gasteiger partial charge < -0.3 is 11.1 Å². The van der Waals surface area contributed by atoms with Gasteiger partial charge in [0.25, 0.3) is 0 Å². The second kappa shape index (κ2) is 6.93. The normalized spacial score (nSPS) is 15.6. The number of aryl methyl sites for hydroxylation is 1. The van der Waals surface area contributed by atoms with Crippen molar-refractivity contribution in [1.82, 2.24) is 0 Å². The van der Waals surface area contributed by atoms with Gasteiger partial charge >= 0.3 is 0 Å². The average molecular weight is 309 g/mol. The number of rotatable bonds is 5. The second-order valence-corrected chi connectivity index (χ2v) is 7.75. The van der Waals surface area contributed by atoms with Crippen LogP contribution in [0.4, 0.5) is 5.69 Å². The molecule has 0 atom stereocenters. The Labute approximate surface area is 126 Å². The number of hydrogen-bond donors (Lipinski definition) is 2. The van der Waals surface area contributed by atoms with E-state index in [-0.39, 0.29) is 24.0 Å². The molecule has 0 heterocycles. The number of sulfone groups is 1. The third-order valence-corrected chi connectivity index (χ3v) is 5.47. The Morgan fingerprint density at radius 2 is 2.10 bits per heavy atom. The largest absolute Gasteiger partial charge is 0.370 e. The first-order valence-corrected chi connectivity index (χ1v) is 9.22. The molecular weight excluding hydrogens is 286 g/mol. The lowest BCUT2D eigenvalue weighted by Gasteiger charge is -2.19. The Morgan fingerprint density at radius 3 is 2.86 bits per heavy atom. The summed E-state index contributed by atoms with van der Waals surface area (Å²) in [7, 11) is -2.99. The van der Waals surface area contributed by atoms with Gasteiger partial charge in [-0.05, 0) is 42.9 Å². The zero-order valence-corrected chi connectivity index (χ0v) is 13.2. The van der Waals surface area contributed by atoms with Gasteiger partial charge in [0, 0.05) is 11.4 Å². The highest BCUT2D eigenvalue weighted by molar-refractivity contribution is 7.91. The number of nitrogens with one attached hydrogen (secondary N) is 1. The number of nitrogens with two attached hydrogens (primary N) is 1. The van der Waals surface area contributed by atoms with E-state index in [1.807, 2.05) is 12.1 Å². The molecule has 0 fully saturated rings. The number of guanidine groups is 1. The molecule has 0 bridgehead atoms. The number of nitrogens with zero attached hydrogens (tertiary/aromatic N) is 1. The van der Waals surface area contributed by atoms with Crippen molar-refractivity contribution in [2.45, 2.75) is 32.6 Å². The van der Waals surface area contributed by atoms with Crippen LogP contribution in [0, 0.1) is 0 Å². The van der Waals surface area contributed by atoms with Crippen LogP contribution in [0.2, 0.25) is 0 Å². The van der Waals surface area contributed by atoms with Crippen molar-refractivity contribution < 1.29 is 8.42 Å². The van der Waals surface area contributed by atoms with Crippen molar-refractivity contribution in [3.8, 4) is 0 Å². The Kier molecular flexibility index (Phi) is 5.22. The topological polar surface area (TPSA) is 84.5 Å². The molecule has 1 aliphatic rings. The number of aliphatic imine (C=N–C) groups is 1. The van der Waals surface area contributed by atoms with Crippen LogP contribution in [0.3, 0.4) is 0 Å². The van der Waals surface area contributed by atoms with E-state index < -0.39 is 9.84 Å². The summed E-state index contributed by atoms with van der Waals surface area (Å²) in [6, 6.07) is 6.16. The Bertz CT molecular complexity index is 624. The van der Waals surface area contributed by atoms with E-state index in [1.165, 1.54) is 24.0 Å². The van der Waals surface area contributed by atoms with Crippen molar-refractivity contribution in [1.29, 1.82) is 0 Å². The predicted octanol–water partition coefficient (Wildman–Crippen LogP) is 1.73. The minimum Gasteiger partial charge on any atom is -0.370 e. The maximum Gasteiger partial charge on any atom is 0.193 e. The molecule has 0 aromatic heterocycles. The second-order valence-electron chi connectivity index (χ2n) is 5.28. The quantitative estimate of drug-likeness (QED) is 0.641. The smallest absolute Gasteiger partial charge is 0.193 e. The summed E-state index contributed by atoms with van der Waals surface area (Å²) in [5, 5.41) is 3.11. The molecule has 1 aliphatic carbocycles. The molecule has 21 heavy (non-hydrogen) atoms. The van der Waals surface area contributed by atoms with Crippen LogP contribution in [0.1, 0.15) is 30.9 Å². The van der Waals surface area contributed by atoms with E-state index in [1.54, 1.807) is 6.92 Å². The van der Waals surface area contributed by atoms with Gasteiger partial charge in [-0.25, -0.2) is 8.42 Å². The first-order chi connectivity index (χ1) is 10.0. The van der Waals surface area contributed by atoms with Gasteiger partial charge in [0.05, 0.1) is 12.3 Å². The molecule has 5 nitrogen and oxygen atoms in total. The van der Waals surface area contributed by atoms with E-state index in [4.69, 9.17) is 5.73 Å². The van der Waals surface area contributed by atoms with E-state index in [2.05, 4.69) is 16.4 Å². The van der Waals surface area contributed by atoms with Gasteiger partial charge in [0.15, 0.2) is 15.8 Å². The van der Waals surface area contributed by atoms with E-state index in [0.29, 0.717) is 0 Å². The summed E-state index contributed by atoms with van der Waals surface area (Å²) in [5.74, 6) is 0.459. The fourth-order valence-electron chi connectivity index (χ4n) is 2.53. The standard InChI is InChI=1S/C15H23N3O2S/c1-2-21(19,20)11-10-17-15(16)18-14-9-5-7-12-6-3-4-8-13(12)14/h5,7,9H,2-4,6,8,10-11H2,1H3,(H3,16,17,18). The van der Waals surface area contributed by atoms with Crippen molar-refractivity contribution in [2.75, 3.05) is 23.4 Å². The zero-order valence-electron chi connectivity index (χ0n) is 12.4. The van der Waals surface area contributed by atoms with Gasteiger partial charge in [0.2, 0.25) is 0 Å². The summed E-state index contributed by atoms with van der Waals surface area (Å²) in [5.41, 5.74) is 9.52. The molecular formula is C15H23N3O2S. The molecule has 0 saturated carbocycles. The summed E-state index contributed by atoms with van der Waals surface area (Å²) in [4.78, 5) is 4.11. The monoisotopic (exact) mass is 309 g/mol. The van der Waals surface area contributed by atoms with Crippen LogP contribution >= 0.6 is 0 Å². The van der Waals surface area contributed by atoms with Crippen molar-refractivity contribution in [3.63, 3.8) is 0 Å². The maximum atomic E-state index is 11.4. The van der Waals surface area contributed by atoms with E-state index in [9.17, 15) is 8.42 Å². The van der Waals surface area contributed by atoms with E-state index in [0.717, 1.165) is 18.5 Å². The highest BCUT2D eigenvalue weighted by Gasteiger charge is 2.13. The highest BCUT2D eigenvalue weighted by atomic mass is 32.2. The molecule has 0 saturated heterocycles. The van der Waals surface area contributed by atoms with Crippen molar-refractivity contribution in [2.24, 2.45) is 10.7 Å². The van der Waals surface area contributed by atoms with Crippen LogP contribution in [0.25, 0.3) is 0 Å². The first-order valence-electron chi connectivity index (χ1n) is 7.40. The third kappa shape index (κ3) is 4.46. The molecule has 1 aromatic carbocycles. The maximum absolute atomic E-state index is 11.4. The molecule has 0 spiro atoms. The average Bonchev–Trinajstić information content (AvgIpc) is 2.47. The van der Waals surface area contributed by atoms with Crippen molar-refractivity contribution >= 4 is 21.5 Å². The summed E-state index contributed by atoms with van der Waals surface area (Å²) < 4.78 is 22.8. The molecule has 6 heteroatoms. The Morgan fingerprint density at radius 1 is 1.33 bits per heavy atom. The number of benzene rings is 1. The van der Waals surface area contributed by atoms with Crippen LogP contribution in [-0.2, 0) is 22.7 Å². The van der Waals surface area contributed by atoms with Gasteiger partial charge in [-0.1, -0.05) is 19.1 Å². The highest BCUT2D eigenvalue weighted by Crippen LogP contribution is 2.27. The molecule has 1 aromatic rings. The Hall–Kier alpha value is -1.56.